The van der Waals surface area contributed by atoms with Crippen LogP contribution in [0.4, 0.5) is 0 Å². The fourth-order valence-electron chi connectivity index (χ4n) is 2.83. The number of carbonyl (C=O) groups is 1. The van der Waals surface area contributed by atoms with E-state index in [9.17, 15) is 4.79 Å². The average molecular weight is 421 g/mol. The summed E-state index contributed by atoms with van der Waals surface area (Å²) in [4.78, 5) is 12.5. The molecular weight excluding hydrogens is 376 g/mol. The van der Waals surface area contributed by atoms with Crippen LogP contribution in [0.5, 0.6) is 0 Å². The molecular formula is C24H44N2O2Si. The van der Waals surface area contributed by atoms with Gasteiger partial charge in [-0.25, -0.2) is 0 Å². The normalized spacial score (nSPS) is 14.4. The Balaban J connectivity index is 2.69. The third-order valence-corrected chi connectivity index (χ3v) is 10.6. The molecule has 2 atom stereocenters. The second-order valence-corrected chi connectivity index (χ2v) is 14.5. The molecule has 0 fully saturated rings. The Hall–Kier alpha value is -1.17. The minimum Gasteiger partial charge on any atom is -0.415 e. The predicted octanol–water partition coefficient (Wildman–Crippen LogP) is 5.64. The molecule has 1 aromatic rings. The molecule has 166 valence electrons. The van der Waals surface area contributed by atoms with Crippen LogP contribution >= 0.6 is 0 Å². The van der Waals surface area contributed by atoms with Crippen LogP contribution in [0, 0.1) is 0 Å². The van der Waals surface area contributed by atoms with Crippen molar-refractivity contribution in [2.75, 3.05) is 6.61 Å². The van der Waals surface area contributed by atoms with Gasteiger partial charge in [-0.05, 0) is 37.0 Å². The Kier molecular flexibility index (Phi) is 11.2. The van der Waals surface area contributed by atoms with Crippen LogP contribution in [0.2, 0.25) is 18.1 Å². The Labute approximate surface area is 180 Å². The minimum absolute atomic E-state index is 0.0356. The summed E-state index contributed by atoms with van der Waals surface area (Å²) in [5, 5.41) is 6.98. The van der Waals surface area contributed by atoms with Gasteiger partial charge in [0.1, 0.15) is 0 Å². The lowest BCUT2D eigenvalue weighted by Crippen LogP contribution is -2.53. The highest BCUT2D eigenvalue weighted by Crippen LogP contribution is 2.36. The highest BCUT2D eigenvalue weighted by atomic mass is 28.4. The Bertz CT molecular complexity index is 584. The molecule has 0 aliphatic carbocycles. The van der Waals surface area contributed by atoms with Crippen LogP contribution in [-0.4, -0.2) is 32.9 Å². The maximum absolute atomic E-state index is 12.5. The molecule has 0 saturated carbocycles. The number of hydrogen-bond donors (Lipinski definition) is 2. The number of carbonyl (C=O) groups excluding carboxylic acids is 1. The molecule has 0 bridgehead atoms. The summed E-state index contributed by atoms with van der Waals surface area (Å²) in [6.07, 6.45) is 5.06. The van der Waals surface area contributed by atoms with E-state index in [2.05, 4.69) is 82.6 Å². The molecule has 0 heterocycles. The van der Waals surface area contributed by atoms with Crippen LogP contribution in [-0.2, 0) is 15.8 Å². The smallest absolute Gasteiger partial charge is 0.220 e. The first-order chi connectivity index (χ1) is 13.6. The summed E-state index contributed by atoms with van der Waals surface area (Å²) in [6, 6.07) is 10.5. The van der Waals surface area contributed by atoms with Gasteiger partial charge >= 0.3 is 0 Å². The van der Waals surface area contributed by atoms with Crippen molar-refractivity contribution in [3.8, 4) is 0 Å². The van der Waals surface area contributed by atoms with Crippen LogP contribution in [0.1, 0.15) is 72.3 Å². The molecule has 0 unspecified atom stereocenters. The number of rotatable bonds is 13. The summed E-state index contributed by atoms with van der Waals surface area (Å²) >= 11 is 0. The van der Waals surface area contributed by atoms with E-state index < -0.39 is 8.32 Å². The fourth-order valence-corrected chi connectivity index (χ4v) is 3.86. The highest BCUT2D eigenvalue weighted by molar-refractivity contribution is 6.74. The van der Waals surface area contributed by atoms with Crippen molar-refractivity contribution < 1.29 is 9.22 Å². The second kappa shape index (κ2) is 12.5. The molecule has 29 heavy (non-hydrogen) atoms. The summed E-state index contributed by atoms with van der Waals surface area (Å²) in [5.41, 5.74) is 1.24. The van der Waals surface area contributed by atoms with Crippen LogP contribution in [0.25, 0.3) is 0 Å². The van der Waals surface area contributed by atoms with Crippen LogP contribution < -0.4 is 10.6 Å². The van der Waals surface area contributed by atoms with E-state index in [0.29, 0.717) is 13.0 Å². The van der Waals surface area contributed by atoms with E-state index in [-0.39, 0.29) is 23.0 Å². The average Bonchev–Trinajstić information content (AvgIpc) is 2.66. The Morgan fingerprint density at radius 1 is 1.10 bits per heavy atom. The number of benzene rings is 1. The van der Waals surface area contributed by atoms with Crippen molar-refractivity contribution in [2.45, 2.75) is 103 Å². The molecule has 2 N–H and O–H groups in total. The van der Waals surface area contributed by atoms with E-state index in [1.807, 2.05) is 6.07 Å². The third kappa shape index (κ3) is 9.92. The van der Waals surface area contributed by atoms with Crippen molar-refractivity contribution in [1.29, 1.82) is 0 Å². The Morgan fingerprint density at radius 2 is 1.76 bits per heavy atom. The molecule has 1 aromatic carbocycles. The van der Waals surface area contributed by atoms with Gasteiger partial charge in [-0.3, -0.25) is 4.79 Å². The molecule has 4 nitrogen and oxygen atoms in total. The summed E-state index contributed by atoms with van der Waals surface area (Å²) in [7, 11) is -1.87. The van der Waals surface area contributed by atoms with Crippen LogP contribution in [0.3, 0.4) is 0 Å². The van der Waals surface area contributed by atoms with Gasteiger partial charge in [0.15, 0.2) is 8.32 Å². The summed E-state index contributed by atoms with van der Waals surface area (Å²) in [6.45, 7) is 16.9. The van der Waals surface area contributed by atoms with E-state index in [4.69, 9.17) is 4.43 Å². The van der Waals surface area contributed by atoms with E-state index >= 15 is 0 Å². The highest BCUT2D eigenvalue weighted by Gasteiger charge is 2.38. The van der Waals surface area contributed by atoms with Crippen molar-refractivity contribution in [1.82, 2.24) is 10.6 Å². The van der Waals surface area contributed by atoms with Crippen molar-refractivity contribution in [3.63, 3.8) is 0 Å². The van der Waals surface area contributed by atoms with Crippen molar-refractivity contribution in [3.05, 3.63) is 35.9 Å². The zero-order valence-corrected chi connectivity index (χ0v) is 20.8. The minimum atomic E-state index is -1.87. The molecule has 1 amide bonds. The Morgan fingerprint density at radius 3 is 2.34 bits per heavy atom. The fraction of sp³-hybridized carbons (Fsp3) is 0.708. The molecule has 0 aliphatic rings. The monoisotopic (exact) mass is 420 g/mol. The summed E-state index contributed by atoms with van der Waals surface area (Å²) < 4.78 is 6.46. The van der Waals surface area contributed by atoms with E-state index in [1.54, 1.807) is 0 Å². The quantitative estimate of drug-likeness (QED) is 0.321. The molecule has 0 aromatic heterocycles. The number of hydrogen-bond acceptors (Lipinski definition) is 3. The van der Waals surface area contributed by atoms with Gasteiger partial charge < -0.3 is 15.1 Å². The zero-order valence-electron chi connectivity index (χ0n) is 19.8. The van der Waals surface area contributed by atoms with E-state index in [0.717, 1.165) is 19.4 Å². The van der Waals surface area contributed by atoms with Crippen LogP contribution in [0.15, 0.2) is 30.3 Å². The van der Waals surface area contributed by atoms with E-state index in [1.165, 1.54) is 18.4 Å². The lowest BCUT2D eigenvalue weighted by molar-refractivity contribution is -0.122. The van der Waals surface area contributed by atoms with Gasteiger partial charge in [0.25, 0.3) is 0 Å². The summed E-state index contributed by atoms with van der Waals surface area (Å²) in [5.74, 6) is 0.137. The van der Waals surface area contributed by atoms with Crippen molar-refractivity contribution >= 4 is 14.2 Å². The topological polar surface area (TPSA) is 50.4 Å². The van der Waals surface area contributed by atoms with Gasteiger partial charge in [-0.1, -0.05) is 77.3 Å². The molecule has 5 heteroatoms. The van der Waals surface area contributed by atoms with Gasteiger partial charge in [0.2, 0.25) is 5.91 Å². The lowest BCUT2D eigenvalue weighted by atomic mass is 10.1. The van der Waals surface area contributed by atoms with Crippen molar-refractivity contribution in [2.24, 2.45) is 0 Å². The first-order valence-electron chi connectivity index (χ1n) is 11.3. The molecule has 1 rings (SSSR count). The third-order valence-electron chi connectivity index (χ3n) is 6.11. The van der Waals surface area contributed by atoms with Gasteiger partial charge in [0.05, 0.1) is 12.6 Å². The first kappa shape index (κ1) is 25.9. The molecule has 0 aliphatic heterocycles. The lowest BCUT2D eigenvalue weighted by Gasteiger charge is -2.38. The van der Waals surface area contributed by atoms with Gasteiger partial charge in [-0.15, -0.1) is 0 Å². The van der Waals surface area contributed by atoms with Gasteiger partial charge in [-0.2, -0.15) is 0 Å². The molecule has 0 saturated heterocycles. The first-order valence-corrected chi connectivity index (χ1v) is 14.2. The SMILES string of the molecule is CCCCCCC(=O)N[C@H](CO[Si](C)(C)C(C)(C)C)[C@@H](C)NCc1ccccc1. The maximum atomic E-state index is 12.5. The number of unbranched alkanes of at least 4 members (excludes halogenated alkanes) is 3. The molecule has 0 radical (unpaired) electrons. The maximum Gasteiger partial charge on any atom is 0.220 e. The zero-order chi connectivity index (χ0) is 21.9. The standard InChI is InChI=1S/C24H44N2O2Si/c1-8-9-10-14-17-23(27)26-22(19-28-29(6,7)24(3,4)5)20(2)25-18-21-15-12-11-13-16-21/h11-13,15-16,20,22,25H,8-10,14,17-19H2,1-7H3,(H,26,27)/t20-,22-/m1/s1. The largest absolute Gasteiger partial charge is 0.415 e. The number of nitrogens with one attached hydrogen (secondary N) is 2. The second-order valence-electron chi connectivity index (χ2n) is 9.71. The van der Waals surface area contributed by atoms with Gasteiger partial charge in [0, 0.05) is 19.0 Å². The molecule has 0 spiro atoms. The number of amides is 1. The predicted molar refractivity (Wildman–Crippen MR) is 127 cm³/mol.